The van der Waals surface area contributed by atoms with Crippen LogP contribution in [0.2, 0.25) is 0 Å². The van der Waals surface area contributed by atoms with E-state index in [1.54, 1.807) is 12.2 Å². The summed E-state index contributed by atoms with van der Waals surface area (Å²) < 4.78 is 0. The first-order valence-corrected chi connectivity index (χ1v) is 18.3. The first-order chi connectivity index (χ1) is 21.1. The topological polar surface area (TPSA) is 89.8 Å². The molecule has 252 valence electrons. The van der Waals surface area contributed by atoms with Gasteiger partial charge < -0.3 is 20.6 Å². The fourth-order valence-corrected chi connectivity index (χ4v) is 5.28. The second kappa shape index (κ2) is 33.5. The molecule has 0 aliphatic heterocycles. The molecule has 0 aliphatic rings. The smallest absolute Gasteiger partial charge is 0.249 e. The highest BCUT2D eigenvalue weighted by molar-refractivity contribution is 5.81. The fourth-order valence-electron chi connectivity index (χ4n) is 5.28. The van der Waals surface area contributed by atoms with Crippen LogP contribution in [0.4, 0.5) is 0 Å². The Hall–Kier alpha value is -1.43. The number of aliphatic hydroxyl groups is 3. The molecule has 0 bridgehead atoms. The van der Waals surface area contributed by atoms with Gasteiger partial charge >= 0.3 is 0 Å². The number of rotatable bonds is 32. The van der Waals surface area contributed by atoms with Crippen LogP contribution in [0.5, 0.6) is 0 Å². The van der Waals surface area contributed by atoms with Crippen molar-refractivity contribution in [3.8, 4) is 0 Å². The van der Waals surface area contributed by atoms with Crippen LogP contribution in [0, 0.1) is 0 Å². The van der Waals surface area contributed by atoms with E-state index in [0.717, 1.165) is 25.7 Å². The second-order valence-corrected chi connectivity index (χ2v) is 12.4. The van der Waals surface area contributed by atoms with Crippen molar-refractivity contribution in [3.05, 3.63) is 36.5 Å². The molecule has 0 spiro atoms. The molecule has 5 heteroatoms. The van der Waals surface area contributed by atoms with Crippen molar-refractivity contribution in [2.45, 2.75) is 193 Å². The fraction of sp³-hybridized carbons (Fsp3) is 0.816. The van der Waals surface area contributed by atoms with Crippen LogP contribution in [0.25, 0.3) is 0 Å². The Morgan fingerprint density at radius 3 is 1.47 bits per heavy atom. The van der Waals surface area contributed by atoms with Gasteiger partial charge in [0.05, 0.1) is 18.8 Å². The minimum absolute atomic E-state index is 0.209. The van der Waals surface area contributed by atoms with E-state index in [0.29, 0.717) is 0 Å². The molecule has 5 nitrogen and oxygen atoms in total. The zero-order valence-corrected chi connectivity index (χ0v) is 28.3. The minimum atomic E-state index is -1.20. The molecule has 0 radical (unpaired) electrons. The summed E-state index contributed by atoms with van der Waals surface area (Å²) >= 11 is 0. The number of amides is 1. The molecule has 3 unspecified atom stereocenters. The van der Waals surface area contributed by atoms with E-state index in [1.807, 2.05) is 12.2 Å². The third kappa shape index (κ3) is 29.1. The molecule has 3 atom stereocenters. The SMILES string of the molecule is CCCCCCCC/C=C\C/C=C\CC(O)C(=O)NC(CO)C(O)/C=C/CCCCCCCCCCCCCCCCC. The Morgan fingerprint density at radius 2 is 1.00 bits per heavy atom. The highest BCUT2D eigenvalue weighted by atomic mass is 16.3. The number of hydrogen-bond donors (Lipinski definition) is 4. The maximum absolute atomic E-state index is 12.3. The predicted octanol–water partition coefficient (Wildman–Crippen LogP) is 9.65. The van der Waals surface area contributed by atoms with Gasteiger partial charge in [-0.15, -0.1) is 0 Å². The van der Waals surface area contributed by atoms with Crippen molar-refractivity contribution in [3.63, 3.8) is 0 Å². The van der Waals surface area contributed by atoms with Crippen molar-refractivity contribution in [2.75, 3.05) is 6.61 Å². The van der Waals surface area contributed by atoms with Crippen molar-refractivity contribution in [1.29, 1.82) is 0 Å². The lowest BCUT2D eigenvalue weighted by Gasteiger charge is -2.21. The monoisotopic (exact) mass is 606 g/mol. The molecule has 0 aromatic heterocycles. The van der Waals surface area contributed by atoms with Gasteiger partial charge in [0.2, 0.25) is 5.91 Å². The van der Waals surface area contributed by atoms with Gasteiger partial charge in [-0.3, -0.25) is 4.79 Å². The van der Waals surface area contributed by atoms with Gasteiger partial charge in [-0.25, -0.2) is 0 Å². The highest BCUT2D eigenvalue weighted by Crippen LogP contribution is 2.14. The number of hydrogen-bond acceptors (Lipinski definition) is 4. The van der Waals surface area contributed by atoms with Crippen LogP contribution < -0.4 is 5.32 Å². The Morgan fingerprint density at radius 1 is 0.581 bits per heavy atom. The summed E-state index contributed by atoms with van der Waals surface area (Å²) in [5.74, 6) is -0.572. The normalized spacial score (nSPS) is 14.3. The van der Waals surface area contributed by atoms with Crippen LogP contribution in [0.1, 0.15) is 174 Å². The van der Waals surface area contributed by atoms with E-state index < -0.39 is 24.2 Å². The van der Waals surface area contributed by atoms with E-state index in [1.165, 1.54) is 128 Å². The molecular weight excluding hydrogens is 534 g/mol. The summed E-state index contributed by atoms with van der Waals surface area (Å²) in [6.07, 6.45) is 40.3. The van der Waals surface area contributed by atoms with Crippen molar-refractivity contribution < 1.29 is 20.1 Å². The van der Waals surface area contributed by atoms with Crippen LogP contribution in [-0.4, -0.2) is 46.1 Å². The van der Waals surface area contributed by atoms with Gasteiger partial charge in [0.1, 0.15) is 6.10 Å². The average molecular weight is 606 g/mol. The third-order valence-electron chi connectivity index (χ3n) is 8.24. The summed E-state index contributed by atoms with van der Waals surface area (Å²) in [5.41, 5.74) is 0. The molecule has 0 aliphatic carbocycles. The number of carbonyl (C=O) groups excluding carboxylic acids is 1. The summed E-state index contributed by atoms with van der Waals surface area (Å²) in [7, 11) is 0. The Bertz CT molecular complexity index is 675. The zero-order chi connectivity index (χ0) is 31.6. The van der Waals surface area contributed by atoms with E-state index in [9.17, 15) is 20.1 Å². The summed E-state index contributed by atoms with van der Waals surface area (Å²) in [4.78, 5) is 12.3. The van der Waals surface area contributed by atoms with Crippen LogP contribution in [0.3, 0.4) is 0 Å². The van der Waals surface area contributed by atoms with Gasteiger partial charge in [0.15, 0.2) is 0 Å². The lowest BCUT2D eigenvalue weighted by Crippen LogP contribution is -2.48. The van der Waals surface area contributed by atoms with Crippen molar-refractivity contribution >= 4 is 5.91 Å². The average Bonchev–Trinajstić information content (AvgIpc) is 3.01. The molecule has 0 saturated carbocycles. The molecule has 0 heterocycles. The summed E-state index contributed by atoms with van der Waals surface area (Å²) in [6, 6.07) is -0.826. The molecular formula is C38H71NO4. The van der Waals surface area contributed by atoms with E-state index in [4.69, 9.17) is 0 Å². The van der Waals surface area contributed by atoms with Crippen LogP contribution in [-0.2, 0) is 4.79 Å². The first kappa shape index (κ1) is 41.6. The molecule has 0 fully saturated rings. The van der Waals surface area contributed by atoms with Gasteiger partial charge in [0, 0.05) is 6.42 Å². The number of aliphatic hydroxyl groups excluding tert-OH is 3. The first-order valence-electron chi connectivity index (χ1n) is 18.3. The van der Waals surface area contributed by atoms with Crippen molar-refractivity contribution in [2.24, 2.45) is 0 Å². The Kier molecular flexibility index (Phi) is 32.3. The third-order valence-corrected chi connectivity index (χ3v) is 8.24. The number of allylic oxidation sites excluding steroid dienone is 4. The maximum Gasteiger partial charge on any atom is 0.249 e. The van der Waals surface area contributed by atoms with E-state index in [2.05, 4.69) is 31.3 Å². The lowest BCUT2D eigenvalue weighted by molar-refractivity contribution is -0.131. The highest BCUT2D eigenvalue weighted by Gasteiger charge is 2.22. The number of carbonyl (C=O) groups is 1. The van der Waals surface area contributed by atoms with Gasteiger partial charge in [-0.1, -0.05) is 172 Å². The quantitative estimate of drug-likeness (QED) is 0.0454. The van der Waals surface area contributed by atoms with E-state index >= 15 is 0 Å². The minimum Gasteiger partial charge on any atom is -0.394 e. The molecule has 0 aromatic carbocycles. The number of unbranched alkanes of at least 4 members (excludes halogenated alkanes) is 21. The Balaban J connectivity index is 3.83. The molecule has 1 amide bonds. The predicted molar refractivity (Wildman–Crippen MR) is 185 cm³/mol. The second-order valence-electron chi connectivity index (χ2n) is 12.4. The van der Waals surface area contributed by atoms with Gasteiger partial charge in [-0.05, 0) is 32.1 Å². The lowest BCUT2D eigenvalue weighted by atomic mass is 10.0. The summed E-state index contributed by atoms with van der Waals surface area (Å²) in [5, 5.41) is 32.8. The molecule has 0 aromatic rings. The van der Waals surface area contributed by atoms with Gasteiger partial charge in [0.25, 0.3) is 0 Å². The summed E-state index contributed by atoms with van der Waals surface area (Å²) in [6.45, 7) is 4.12. The van der Waals surface area contributed by atoms with Gasteiger partial charge in [-0.2, -0.15) is 0 Å². The van der Waals surface area contributed by atoms with E-state index in [-0.39, 0.29) is 13.0 Å². The standard InChI is InChI=1S/C38H71NO4/c1-3-5-7-9-11-13-15-17-18-19-20-21-23-24-26-28-30-32-36(41)35(34-40)39-38(43)37(42)33-31-29-27-25-22-16-14-12-10-8-6-4-2/h22,25,29-32,35-37,40-42H,3-21,23-24,26-28,33-34H2,1-2H3,(H,39,43)/b25-22-,31-29-,32-30+. The molecule has 0 rings (SSSR count). The van der Waals surface area contributed by atoms with Crippen LogP contribution >= 0.6 is 0 Å². The maximum atomic E-state index is 12.3. The number of nitrogens with one attached hydrogen (secondary N) is 1. The van der Waals surface area contributed by atoms with Crippen LogP contribution in [0.15, 0.2) is 36.5 Å². The molecule has 0 saturated heterocycles. The molecule has 43 heavy (non-hydrogen) atoms. The molecule has 4 N–H and O–H groups in total. The van der Waals surface area contributed by atoms with Crippen molar-refractivity contribution in [1.82, 2.24) is 5.32 Å². The largest absolute Gasteiger partial charge is 0.394 e. The Labute approximate surface area is 266 Å². The zero-order valence-electron chi connectivity index (χ0n) is 28.3.